The van der Waals surface area contributed by atoms with E-state index < -0.39 is 0 Å². The summed E-state index contributed by atoms with van der Waals surface area (Å²) in [6, 6.07) is 0. The molecule has 1 N–H and O–H groups in total. The average Bonchev–Trinajstić information content (AvgIpc) is 2.78. The molecule has 1 saturated heterocycles. The molecule has 2 heterocycles. The smallest absolute Gasteiger partial charge is 0.143 e. The second-order valence-corrected chi connectivity index (χ2v) is 4.52. The zero-order chi connectivity index (χ0) is 12.8. The highest BCUT2D eigenvalue weighted by atomic mass is 16.5. The van der Waals surface area contributed by atoms with Gasteiger partial charge in [0.05, 0.1) is 19.1 Å². The molecular weight excluding hydrogens is 232 g/mol. The Bertz CT molecular complexity index is 385. The number of ketones is 1. The predicted molar refractivity (Wildman–Crippen MR) is 66.3 cm³/mol. The molecule has 0 aliphatic carbocycles. The van der Waals surface area contributed by atoms with Crippen molar-refractivity contribution in [3.05, 3.63) is 12.2 Å². The number of hydrogen-bond donors (Lipinski definition) is 1. The second-order valence-electron chi connectivity index (χ2n) is 4.52. The lowest BCUT2D eigenvalue weighted by molar-refractivity contribution is -0.121. The molecule has 0 saturated carbocycles. The molecule has 1 fully saturated rings. The van der Waals surface area contributed by atoms with Crippen LogP contribution in [-0.4, -0.2) is 46.3 Å². The molecule has 0 bridgehead atoms. The minimum absolute atomic E-state index is 0.00814. The van der Waals surface area contributed by atoms with Crippen molar-refractivity contribution < 1.29 is 9.53 Å². The van der Waals surface area contributed by atoms with Crippen molar-refractivity contribution in [1.82, 2.24) is 20.1 Å². The van der Waals surface area contributed by atoms with Crippen LogP contribution < -0.4 is 5.32 Å². The zero-order valence-corrected chi connectivity index (χ0v) is 10.8. The minimum atomic E-state index is 0.00814. The Morgan fingerprint density at radius 1 is 1.67 bits per heavy atom. The summed E-state index contributed by atoms with van der Waals surface area (Å²) in [6.07, 6.45) is 3.30. The highest BCUT2D eigenvalue weighted by Crippen LogP contribution is 2.06. The van der Waals surface area contributed by atoms with E-state index in [1.54, 1.807) is 4.68 Å². The van der Waals surface area contributed by atoms with Crippen LogP contribution in [0.3, 0.4) is 0 Å². The summed E-state index contributed by atoms with van der Waals surface area (Å²) in [5.74, 6) is 0.916. The first-order valence-corrected chi connectivity index (χ1v) is 6.50. The first-order chi connectivity index (χ1) is 8.79. The standard InChI is InChI=1S/C12H20N4O2/c1-2-4-16-12(14-9-15-16)7-10(17)6-11-8-13-3-5-18-11/h9,11,13H,2-8H2,1H3. The molecule has 1 aromatic heterocycles. The molecule has 0 radical (unpaired) electrons. The molecule has 1 aliphatic rings. The summed E-state index contributed by atoms with van der Waals surface area (Å²) in [7, 11) is 0. The Labute approximate surface area is 107 Å². The summed E-state index contributed by atoms with van der Waals surface area (Å²) >= 11 is 0. The Hall–Kier alpha value is -1.27. The van der Waals surface area contributed by atoms with E-state index in [9.17, 15) is 4.79 Å². The van der Waals surface area contributed by atoms with Crippen molar-refractivity contribution in [3.8, 4) is 0 Å². The maximum Gasteiger partial charge on any atom is 0.143 e. The quantitative estimate of drug-likeness (QED) is 0.782. The monoisotopic (exact) mass is 252 g/mol. The first kappa shape index (κ1) is 13.2. The van der Waals surface area contributed by atoms with Crippen LogP contribution in [-0.2, 0) is 22.5 Å². The van der Waals surface area contributed by atoms with Crippen LogP contribution in [0.1, 0.15) is 25.6 Å². The van der Waals surface area contributed by atoms with Gasteiger partial charge in [0.1, 0.15) is 17.9 Å². The molecule has 0 spiro atoms. The first-order valence-electron chi connectivity index (χ1n) is 6.50. The lowest BCUT2D eigenvalue weighted by atomic mass is 10.1. The molecule has 1 aromatic rings. The van der Waals surface area contributed by atoms with Crippen molar-refractivity contribution in [2.24, 2.45) is 0 Å². The van der Waals surface area contributed by atoms with Crippen LogP contribution in [0.4, 0.5) is 0 Å². The Morgan fingerprint density at radius 3 is 3.28 bits per heavy atom. The molecule has 2 rings (SSSR count). The maximum absolute atomic E-state index is 11.9. The van der Waals surface area contributed by atoms with Crippen LogP contribution in [0.2, 0.25) is 0 Å². The van der Waals surface area contributed by atoms with E-state index in [2.05, 4.69) is 22.3 Å². The average molecular weight is 252 g/mol. The van der Waals surface area contributed by atoms with Crippen molar-refractivity contribution in [3.63, 3.8) is 0 Å². The third-order valence-electron chi connectivity index (χ3n) is 2.95. The van der Waals surface area contributed by atoms with Crippen LogP contribution in [0.25, 0.3) is 0 Å². The van der Waals surface area contributed by atoms with E-state index in [1.165, 1.54) is 6.33 Å². The molecule has 1 aliphatic heterocycles. The van der Waals surface area contributed by atoms with E-state index in [-0.39, 0.29) is 11.9 Å². The Morgan fingerprint density at radius 2 is 2.56 bits per heavy atom. The fourth-order valence-electron chi connectivity index (χ4n) is 2.08. The fraction of sp³-hybridized carbons (Fsp3) is 0.750. The van der Waals surface area contributed by atoms with E-state index in [0.717, 1.165) is 31.9 Å². The third-order valence-corrected chi connectivity index (χ3v) is 2.95. The third kappa shape index (κ3) is 3.61. The lowest BCUT2D eigenvalue weighted by Gasteiger charge is -2.22. The summed E-state index contributed by atoms with van der Waals surface area (Å²) < 4.78 is 7.32. The van der Waals surface area contributed by atoms with Gasteiger partial charge in [0.25, 0.3) is 0 Å². The predicted octanol–water partition coefficient (Wildman–Crippen LogP) is 0.178. The zero-order valence-electron chi connectivity index (χ0n) is 10.8. The van der Waals surface area contributed by atoms with Crippen molar-refractivity contribution in [1.29, 1.82) is 0 Å². The number of aryl methyl sites for hydroxylation is 1. The number of rotatable bonds is 6. The largest absolute Gasteiger partial charge is 0.375 e. The number of nitrogens with one attached hydrogen (secondary N) is 1. The summed E-state index contributed by atoms with van der Waals surface area (Å²) in [5.41, 5.74) is 0. The Kier molecular flexibility index (Phi) is 4.83. The SMILES string of the molecule is CCCn1ncnc1CC(=O)CC1CNCCO1. The number of carbonyl (C=O) groups excluding carboxylic acids is 1. The molecule has 100 valence electrons. The van der Waals surface area contributed by atoms with Crippen molar-refractivity contribution in [2.75, 3.05) is 19.7 Å². The number of aromatic nitrogens is 3. The summed E-state index contributed by atoms with van der Waals surface area (Å²) in [5, 5.41) is 7.34. The number of Topliss-reactive ketones (excluding diaryl/α,β-unsaturated/α-hetero) is 1. The van der Waals surface area contributed by atoms with Crippen LogP contribution >= 0.6 is 0 Å². The van der Waals surface area contributed by atoms with E-state index in [0.29, 0.717) is 19.4 Å². The van der Waals surface area contributed by atoms with Gasteiger partial charge in [0.2, 0.25) is 0 Å². The van der Waals surface area contributed by atoms with Gasteiger partial charge in [-0.2, -0.15) is 5.10 Å². The summed E-state index contributed by atoms with van der Waals surface area (Å²) in [4.78, 5) is 16.1. The van der Waals surface area contributed by atoms with Gasteiger partial charge in [-0.05, 0) is 6.42 Å². The van der Waals surface area contributed by atoms with E-state index >= 15 is 0 Å². The van der Waals surface area contributed by atoms with E-state index in [4.69, 9.17) is 4.74 Å². The van der Waals surface area contributed by atoms with Gasteiger partial charge >= 0.3 is 0 Å². The molecule has 18 heavy (non-hydrogen) atoms. The molecular formula is C12H20N4O2. The number of morpholine rings is 1. The lowest BCUT2D eigenvalue weighted by Crippen LogP contribution is -2.39. The van der Waals surface area contributed by atoms with Gasteiger partial charge in [-0.25, -0.2) is 9.67 Å². The van der Waals surface area contributed by atoms with Gasteiger partial charge in [0.15, 0.2) is 0 Å². The molecule has 1 atom stereocenters. The Balaban J connectivity index is 1.84. The fourth-order valence-corrected chi connectivity index (χ4v) is 2.08. The minimum Gasteiger partial charge on any atom is -0.375 e. The van der Waals surface area contributed by atoms with Gasteiger partial charge < -0.3 is 10.1 Å². The number of hydrogen-bond acceptors (Lipinski definition) is 5. The van der Waals surface area contributed by atoms with Crippen molar-refractivity contribution in [2.45, 2.75) is 38.8 Å². The van der Waals surface area contributed by atoms with Crippen molar-refractivity contribution >= 4 is 5.78 Å². The number of nitrogens with zero attached hydrogens (tertiary/aromatic N) is 3. The topological polar surface area (TPSA) is 69.0 Å². The number of carbonyl (C=O) groups is 1. The highest BCUT2D eigenvalue weighted by Gasteiger charge is 2.18. The van der Waals surface area contributed by atoms with Crippen LogP contribution in [0, 0.1) is 0 Å². The van der Waals surface area contributed by atoms with Gasteiger partial charge in [-0.1, -0.05) is 6.92 Å². The molecule has 6 heteroatoms. The second kappa shape index (κ2) is 6.61. The van der Waals surface area contributed by atoms with Gasteiger partial charge in [-0.3, -0.25) is 4.79 Å². The van der Waals surface area contributed by atoms with Gasteiger partial charge in [-0.15, -0.1) is 0 Å². The highest BCUT2D eigenvalue weighted by molar-refractivity contribution is 5.80. The maximum atomic E-state index is 11.9. The van der Waals surface area contributed by atoms with Crippen LogP contribution in [0.5, 0.6) is 0 Å². The number of ether oxygens (including phenoxy) is 1. The normalized spacial score (nSPS) is 19.9. The van der Waals surface area contributed by atoms with Crippen LogP contribution in [0.15, 0.2) is 6.33 Å². The molecule has 0 aromatic carbocycles. The molecule has 6 nitrogen and oxygen atoms in total. The molecule has 1 unspecified atom stereocenters. The van der Waals surface area contributed by atoms with Gasteiger partial charge in [0, 0.05) is 26.1 Å². The molecule has 0 amide bonds. The van der Waals surface area contributed by atoms with E-state index in [1.807, 2.05) is 0 Å². The summed E-state index contributed by atoms with van der Waals surface area (Å²) in [6.45, 7) is 5.20.